The summed E-state index contributed by atoms with van der Waals surface area (Å²) in [6.07, 6.45) is 0.514. The van der Waals surface area contributed by atoms with Crippen LogP contribution in [0.1, 0.15) is 29.4 Å². The van der Waals surface area contributed by atoms with Crippen molar-refractivity contribution in [2.45, 2.75) is 26.0 Å². The minimum atomic E-state index is -0.277. The zero-order valence-electron chi connectivity index (χ0n) is 17.4. The van der Waals surface area contributed by atoms with E-state index in [2.05, 4.69) is 5.10 Å². The molecule has 160 valence electrons. The number of carbonyl (C=O) groups excluding carboxylic acids is 1. The molecule has 0 aliphatic carbocycles. The second kappa shape index (κ2) is 9.47. The van der Waals surface area contributed by atoms with E-state index in [1.807, 2.05) is 61.5 Å². The van der Waals surface area contributed by atoms with E-state index < -0.39 is 0 Å². The molecule has 2 heterocycles. The Bertz CT molecular complexity index is 1100. The Morgan fingerprint density at radius 1 is 1.06 bits per heavy atom. The molecule has 1 aromatic heterocycles. The van der Waals surface area contributed by atoms with E-state index in [9.17, 15) is 9.59 Å². The van der Waals surface area contributed by atoms with Crippen LogP contribution in [-0.2, 0) is 6.54 Å². The number of fused-ring (bicyclic) bond motifs is 1. The van der Waals surface area contributed by atoms with E-state index in [0.29, 0.717) is 37.7 Å². The predicted octanol–water partition coefficient (Wildman–Crippen LogP) is 2.98. The average Bonchev–Trinajstić information content (AvgIpc) is 2.80. The first-order chi connectivity index (χ1) is 15.1. The van der Waals surface area contributed by atoms with Crippen LogP contribution in [0.5, 0.6) is 11.5 Å². The minimum absolute atomic E-state index is 0.230. The third kappa shape index (κ3) is 4.94. The van der Waals surface area contributed by atoms with Gasteiger partial charge in [-0.15, -0.1) is 0 Å². The van der Waals surface area contributed by atoms with Crippen LogP contribution >= 0.6 is 0 Å². The van der Waals surface area contributed by atoms with Gasteiger partial charge in [0.25, 0.3) is 11.5 Å². The molecule has 0 bridgehead atoms. The second-order valence-electron chi connectivity index (χ2n) is 7.45. The first-order valence-corrected chi connectivity index (χ1v) is 10.4. The topological polar surface area (TPSA) is 73.7 Å². The first-order valence-electron chi connectivity index (χ1n) is 10.4. The molecule has 31 heavy (non-hydrogen) atoms. The molecule has 1 aliphatic rings. The van der Waals surface area contributed by atoms with Gasteiger partial charge in [0, 0.05) is 12.6 Å². The Labute approximate surface area is 180 Å². The smallest absolute Gasteiger partial charge is 0.274 e. The lowest BCUT2D eigenvalue weighted by molar-refractivity contribution is 0.0457. The summed E-state index contributed by atoms with van der Waals surface area (Å²) in [5.41, 5.74) is 0.933. The van der Waals surface area contributed by atoms with E-state index in [-0.39, 0.29) is 23.3 Å². The van der Waals surface area contributed by atoms with Crippen LogP contribution in [-0.4, -0.2) is 46.4 Å². The van der Waals surface area contributed by atoms with Gasteiger partial charge in [-0.25, -0.2) is 4.68 Å². The quantitative estimate of drug-likeness (QED) is 0.589. The highest BCUT2D eigenvalue weighted by Gasteiger charge is 2.26. The number of para-hydroxylation sites is 2. The van der Waals surface area contributed by atoms with E-state index in [4.69, 9.17) is 9.47 Å². The Hall–Kier alpha value is -3.61. The van der Waals surface area contributed by atoms with Crippen LogP contribution in [0.4, 0.5) is 0 Å². The molecule has 7 nitrogen and oxygen atoms in total. The van der Waals surface area contributed by atoms with Crippen molar-refractivity contribution in [3.05, 3.63) is 88.3 Å². The summed E-state index contributed by atoms with van der Waals surface area (Å²) in [7, 11) is 0. The third-order valence-corrected chi connectivity index (χ3v) is 5.03. The molecule has 2 aromatic carbocycles. The molecule has 1 atom stereocenters. The molecular weight excluding hydrogens is 394 g/mol. The molecule has 4 rings (SSSR count). The number of aromatic nitrogens is 2. The molecule has 0 saturated carbocycles. The van der Waals surface area contributed by atoms with Crippen molar-refractivity contribution in [3.63, 3.8) is 0 Å². The SMILES string of the molecule is CCCN(CC1COc2ccccc2O1)C(=O)c1ccc(=O)n(Cc2ccccc2)n1. The summed E-state index contributed by atoms with van der Waals surface area (Å²) in [6, 6.07) is 19.9. The van der Waals surface area contributed by atoms with E-state index in [1.54, 1.807) is 4.90 Å². The highest BCUT2D eigenvalue weighted by Crippen LogP contribution is 2.31. The molecule has 1 unspecified atom stereocenters. The zero-order chi connectivity index (χ0) is 21.6. The lowest BCUT2D eigenvalue weighted by Gasteiger charge is -2.31. The van der Waals surface area contributed by atoms with Crippen molar-refractivity contribution in [3.8, 4) is 11.5 Å². The summed E-state index contributed by atoms with van der Waals surface area (Å²) in [5.74, 6) is 1.16. The predicted molar refractivity (Wildman–Crippen MR) is 117 cm³/mol. The van der Waals surface area contributed by atoms with Gasteiger partial charge in [0.15, 0.2) is 17.6 Å². The molecule has 0 spiro atoms. The molecule has 0 radical (unpaired) electrons. The van der Waals surface area contributed by atoms with Crippen molar-refractivity contribution >= 4 is 5.91 Å². The number of hydrogen-bond acceptors (Lipinski definition) is 5. The number of ether oxygens (including phenoxy) is 2. The molecule has 1 amide bonds. The number of carbonyl (C=O) groups is 1. The Balaban J connectivity index is 1.50. The lowest BCUT2D eigenvalue weighted by Crippen LogP contribution is -2.44. The normalized spacial score (nSPS) is 14.8. The Morgan fingerprint density at radius 2 is 1.81 bits per heavy atom. The Morgan fingerprint density at radius 3 is 2.58 bits per heavy atom. The summed E-state index contributed by atoms with van der Waals surface area (Å²) >= 11 is 0. The Kier molecular flexibility index (Phi) is 6.31. The molecule has 3 aromatic rings. The van der Waals surface area contributed by atoms with Crippen molar-refractivity contribution < 1.29 is 14.3 Å². The first kappa shape index (κ1) is 20.7. The molecule has 0 N–H and O–H groups in total. The highest BCUT2D eigenvalue weighted by atomic mass is 16.6. The molecule has 0 saturated heterocycles. The van der Waals surface area contributed by atoms with Crippen LogP contribution in [0.3, 0.4) is 0 Å². The van der Waals surface area contributed by atoms with Gasteiger partial charge in [-0.1, -0.05) is 49.4 Å². The minimum Gasteiger partial charge on any atom is -0.486 e. The monoisotopic (exact) mass is 419 g/mol. The standard InChI is InChI=1S/C24H25N3O4/c1-2-14-26(16-19-17-30-21-10-6-7-11-22(21)31-19)24(29)20-12-13-23(28)27(25-20)15-18-8-4-3-5-9-18/h3-13,19H,2,14-17H2,1H3. The molecule has 1 aliphatic heterocycles. The largest absolute Gasteiger partial charge is 0.486 e. The number of hydrogen-bond donors (Lipinski definition) is 0. The van der Waals surface area contributed by atoms with Crippen LogP contribution < -0.4 is 15.0 Å². The van der Waals surface area contributed by atoms with Gasteiger partial charge in [-0.3, -0.25) is 9.59 Å². The summed E-state index contributed by atoms with van der Waals surface area (Å²) in [5, 5.41) is 4.34. The van der Waals surface area contributed by atoms with Crippen LogP contribution in [0, 0.1) is 0 Å². The van der Waals surface area contributed by atoms with Gasteiger partial charge in [-0.05, 0) is 30.2 Å². The highest BCUT2D eigenvalue weighted by molar-refractivity contribution is 5.92. The maximum Gasteiger partial charge on any atom is 0.274 e. The van der Waals surface area contributed by atoms with Crippen molar-refractivity contribution in [1.82, 2.24) is 14.7 Å². The maximum atomic E-state index is 13.2. The van der Waals surface area contributed by atoms with Crippen molar-refractivity contribution in [2.24, 2.45) is 0 Å². The third-order valence-electron chi connectivity index (χ3n) is 5.03. The van der Waals surface area contributed by atoms with Crippen molar-refractivity contribution in [1.29, 1.82) is 0 Å². The van der Waals surface area contributed by atoms with Gasteiger partial charge in [0.2, 0.25) is 0 Å². The number of nitrogens with zero attached hydrogens (tertiary/aromatic N) is 3. The van der Waals surface area contributed by atoms with Crippen molar-refractivity contribution in [2.75, 3.05) is 19.7 Å². The van der Waals surface area contributed by atoms with Gasteiger partial charge in [-0.2, -0.15) is 5.10 Å². The summed E-state index contributed by atoms with van der Waals surface area (Å²) in [4.78, 5) is 27.2. The molecule has 0 fully saturated rings. The average molecular weight is 419 g/mol. The molecular formula is C24H25N3O4. The second-order valence-corrected chi connectivity index (χ2v) is 7.45. The van der Waals surface area contributed by atoms with Gasteiger partial charge in [0.1, 0.15) is 12.3 Å². The lowest BCUT2D eigenvalue weighted by atomic mass is 10.2. The van der Waals surface area contributed by atoms with Crippen LogP contribution in [0.2, 0.25) is 0 Å². The number of amides is 1. The van der Waals surface area contributed by atoms with E-state index >= 15 is 0 Å². The maximum absolute atomic E-state index is 13.2. The van der Waals surface area contributed by atoms with Crippen LogP contribution in [0.15, 0.2) is 71.5 Å². The van der Waals surface area contributed by atoms with E-state index in [1.165, 1.54) is 16.8 Å². The summed E-state index contributed by atoms with van der Waals surface area (Å²) in [6.45, 7) is 3.62. The van der Waals surface area contributed by atoms with Gasteiger partial charge in [0.05, 0.1) is 13.1 Å². The van der Waals surface area contributed by atoms with E-state index in [0.717, 1.165) is 12.0 Å². The fourth-order valence-corrected chi connectivity index (χ4v) is 3.54. The number of rotatable bonds is 7. The number of benzene rings is 2. The van der Waals surface area contributed by atoms with Gasteiger partial charge < -0.3 is 14.4 Å². The zero-order valence-corrected chi connectivity index (χ0v) is 17.4. The van der Waals surface area contributed by atoms with Crippen LogP contribution in [0.25, 0.3) is 0 Å². The fraction of sp³-hybridized carbons (Fsp3) is 0.292. The molecule has 7 heteroatoms. The summed E-state index contributed by atoms with van der Waals surface area (Å²) < 4.78 is 13.1. The fourth-order valence-electron chi connectivity index (χ4n) is 3.54. The van der Waals surface area contributed by atoms with Gasteiger partial charge >= 0.3 is 0 Å².